The normalized spacial score (nSPS) is 18.9. The van der Waals surface area contributed by atoms with Crippen LogP contribution in [0.5, 0.6) is 5.75 Å². The van der Waals surface area contributed by atoms with Gasteiger partial charge in [0.2, 0.25) is 5.43 Å². The smallest absolute Gasteiger partial charge is 0.352 e. The minimum atomic E-state index is -1.26. The Hall–Kier alpha value is -4.14. The van der Waals surface area contributed by atoms with E-state index in [4.69, 9.17) is 10.6 Å². The average Bonchev–Trinajstić information content (AvgIpc) is 3.61. The van der Waals surface area contributed by atoms with Crippen molar-refractivity contribution in [2.24, 2.45) is 11.1 Å². The van der Waals surface area contributed by atoms with Crippen molar-refractivity contribution in [1.82, 2.24) is 30.1 Å². The lowest BCUT2D eigenvalue weighted by Crippen LogP contribution is -2.71. The van der Waals surface area contributed by atoms with Crippen LogP contribution in [0.15, 0.2) is 43.2 Å². The lowest BCUT2D eigenvalue weighted by Gasteiger charge is -2.49. The van der Waals surface area contributed by atoms with Crippen molar-refractivity contribution in [3.63, 3.8) is 0 Å². The molecule has 20 heteroatoms. The third-order valence-electron chi connectivity index (χ3n) is 6.59. The van der Waals surface area contributed by atoms with E-state index in [-0.39, 0.29) is 33.8 Å². The van der Waals surface area contributed by atoms with E-state index in [1.54, 1.807) is 13.8 Å². The highest BCUT2D eigenvalue weighted by Crippen LogP contribution is 2.42. The number of thiazole rings is 1. The summed E-state index contributed by atoms with van der Waals surface area (Å²) in [5.41, 5.74) is 5.10. The number of anilines is 1. The number of nitrogen functional groups attached to an aromatic ring is 1. The van der Waals surface area contributed by atoms with Gasteiger partial charge in [0, 0.05) is 23.0 Å². The fourth-order valence-corrected chi connectivity index (χ4v) is 8.31. The summed E-state index contributed by atoms with van der Waals surface area (Å²) < 4.78 is 1.20. The molecule has 2 aliphatic heterocycles. The number of oxime groups is 1. The van der Waals surface area contributed by atoms with Gasteiger partial charge in [0.15, 0.2) is 27.0 Å². The largest absolute Gasteiger partial charge is 0.503 e. The number of nitrogens with two attached hydrogens (primary N) is 1. The Bertz CT molecular complexity index is 1780. The highest BCUT2D eigenvalue weighted by molar-refractivity contribution is 8.01. The fraction of sp³-hybridized carbons (Fsp3) is 0.360. The van der Waals surface area contributed by atoms with Crippen molar-refractivity contribution < 1.29 is 34.6 Å². The summed E-state index contributed by atoms with van der Waals surface area (Å²) in [7, 11) is 0. The van der Waals surface area contributed by atoms with Crippen LogP contribution < -0.4 is 16.5 Å². The number of aromatic hydroxyl groups is 1. The maximum absolute atomic E-state index is 13.5. The van der Waals surface area contributed by atoms with Gasteiger partial charge in [-0.15, -0.1) is 33.3 Å². The van der Waals surface area contributed by atoms with Gasteiger partial charge in [-0.05, 0) is 18.4 Å². The Labute approximate surface area is 270 Å². The molecular weight excluding hydrogens is 669 g/mol. The SMILES string of the molecule is Cc1nnc(SCC2=C(C(=O)O)N3C(=O)[C@@H](NC(=O)/C(=N\O[C@H](c4cc(=O)c(O)cn4O)C(C)C)c4csc(N)n4)[C@H]3SC2)s1. The van der Waals surface area contributed by atoms with Gasteiger partial charge in [0.05, 0.1) is 6.20 Å². The lowest BCUT2D eigenvalue weighted by molar-refractivity contribution is -0.150. The van der Waals surface area contributed by atoms with Crippen LogP contribution in [-0.2, 0) is 19.2 Å². The van der Waals surface area contributed by atoms with Gasteiger partial charge in [-0.3, -0.25) is 19.3 Å². The lowest BCUT2D eigenvalue weighted by atomic mass is 10.0. The third-order valence-corrected chi connectivity index (χ3v) is 10.7. The van der Waals surface area contributed by atoms with Crippen LogP contribution in [-0.4, -0.2) is 86.6 Å². The molecule has 0 unspecified atom stereocenters. The van der Waals surface area contributed by atoms with Crippen molar-refractivity contribution in [3.8, 4) is 5.75 Å². The molecule has 1 saturated heterocycles. The first kappa shape index (κ1) is 32.3. The van der Waals surface area contributed by atoms with Crippen LogP contribution >= 0.6 is 46.2 Å². The van der Waals surface area contributed by atoms with Gasteiger partial charge in [-0.2, -0.15) is 4.73 Å². The molecule has 3 aromatic rings. The van der Waals surface area contributed by atoms with Crippen LogP contribution in [0.3, 0.4) is 0 Å². The fourth-order valence-electron chi connectivity index (χ4n) is 4.46. The summed E-state index contributed by atoms with van der Waals surface area (Å²) in [5.74, 6) is -3.16. The second kappa shape index (κ2) is 13.1. The predicted octanol–water partition coefficient (Wildman–Crippen LogP) is 1.64. The number of thioether (sulfide) groups is 2. The van der Waals surface area contributed by atoms with Crippen LogP contribution in [0.25, 0.3) is 0 Å². The summed E-state index contributed by atoms with van der Waals surface area (Å²) in [4.78, 5) is 62.0. The van der Waals surface area contributed by atoms with Crippen molar-refractivity contribution >= 4 is 74.8 Å². The quantitative estimate of drug-likeness (QED) is 0.0631. The molecule has 238 valence electrons. The Kier molecular flexibility index (Phi) is 9.37. The molecule has 16 nitrogen and oxygen atoms in total. The molecule has 0 saturated carbocycles. The van der Waals surface area contributed by atoms with E-state index in [9.17, 15) is 34.6 Å². The summed E-state index contributed by atoms with van der Waals surface area (Å²) in [6.45, 7) is 5.25. The monoisotopic (exact) mass is 694 g/mol. The van der Waals surface area contributed by atoms with Gasteiger partial charge in [-0.25, -0.2) is 9.78 Å². The highest BCUT2D eigenvalue weighted by atomic mass is 32.2. The van der Waals surface area contributed by atoms with Crippen LogP contribution in [0.1, 0.15) is 36.3 Å². The first-order valence-electron chi connectivity index (χ1n) is 13.1. The summed E-state index contributed by atoms with van der Waals surface area (Å²) in [6.07, 6.45) is -0.244. The number of aromatic nitrogens is 4. The van der Waals surface area contributed by atoms with Gasteiger partial charge in [0.1, 0.15) is 33.5 Å². The number of pyridine rings is 1. The third kappa shape index (κ3) is 6.63. The molecule has 5 heterocycles. The maximum atomic E-state index is 13.5. The number of aryl methyl sites for hydroxylation is 1. The molecule has 6 N–H and O–H groups in total. The molecule has 0 aliphatic carbocycles. The number of carbonyl (C=O) groups excluding carboxylic acids is 2. The van der Waals surface area contributed by atoms with E-state index in [0.29, 0.717) is 26.1 Å². The van der Waals surface area contributed by atoms with Gasteiger partial charge in [-0.1, -0.05) is 42.1 Å². The molecule has 0 bridgehead atoms. The van der Waals surface area contributed by atoms with Crippen molar-refractivity contribution in [2.45, 2.75) is 42.6 Å². The van der Waals surface area contributed by atoms with E-state index >= 15 is 0 Å². The molecule has 2 aliphatic rings. The number of hydrogen-bond donors (Lipinski definition) is 5. The van der Waals surface area contributed by atoms with E-state index in [1.807, 2.05) is 6.92 Å². The standard InChI is InChI=1S/C25H26N8O8S4/c1-9(2)19(13-4-14(34)15(35)5-32(13)40)41-31-16(12-8-43-24(26)27-12)20(36)28-17-21(37)33-18(23(38)39)11(6-42-22(17)33)7-44-25-30-29-10(3)45-25/h4-5,8-9,17,19,22,35,40H,6-7H2,1-3H3,(H2,26,27)(H,28,36)(H,38,39)/b31-16-/t17-,19+,22-/m1/s1. The topological polar surface area (TPSA) is 235 Å². The predicted molar refractivity (Wildman–Crippen MR) is 166 cm³/mol. The Morgan fingerprint density at radius 3 is 2.69 bits per heavy atom. The number of β-lactam (4-membered cyclic amide) rings is 1. The zero-order valence-electron chi connectivity index (χ0n) is 23.7. The molecule has 0 radical (unpaired) electrons. The van der Waals surface area contributed by atoms with Crippen molar-refractivity contribution in [3.05, 3.63) is 55.5 Å². The Morgan fingerprint density at radius 1 is 1.31 bits per heavy atom. The number of carbonyl (C=O) groups is 3. The molecule has 1 fully saturated rings. The van der Waals surface area contributed by atoms with Crippen LogP contribution in [0.2, 0.25) is 0 Å². The van der Waals surface area contributed by atoms with Gasteiger partial charge in [0.25, 0.3) is 11.8 Å². The second-order valence-electron chi connectivity index (χ2n) is 10.1. The molecule has 0 aromatic carbocycles. The molecule has 5 rings (SSSR count). The molecule has 2 amide bonds. The number of nitrogens with one attached hydrogen (secondary N) is 1. The molecule has 3 aromatic heterocycles. The van der Waals surface area contributed by atoms with Crippen LogP contribution in [0, 0.1) is 12.8 Å². The highest BCUT2D eigenvalue weighted by Gasteiger charge is 2.54. The summed E-state index contributed by atoms with van der Waals surface area (Å²) in [5, 5.41) is 46.2. The van der Waals surface area contributed by atoms with E-state index in [2.05, 4.69) is 25.7 Å². The van der Waals surface area contributed by atoms with Gasteiger partial charge < -0.3 is 31.3 Å². The van der Waals surface area contributed by atoms with Crippen LogP contribution in [0.4, 0.5) is 5.13 Å². The van der Waals surface area contributed by atoms with E-state index in [0.717, 1.165) is 33.5 Å². The number of carboxylic acids is 1. The number of nitrogens with zero attached hydrogens (tertiary/aromatic N) is 6. The zero-order chi connectivity index (χ0) is 32.6. The first-order chi connectivity index (χ1) is 21.3. The first-order valence-corrected chi connectivity index (χ1v) is 16.8. The van der Waals surface area contributed by atoms with Crippen molar-refractivity contribution in [1.29, 1.82) is 0 Å². The van der Waals surface area contributed by atoms with Gasteiger partial charge >= 0.3 is 5.97 Å². The number of amides is 2. The molecule has 45 heavy (non-hydrogen) atoms. The van der Waals surface area contributed by atoms with E-state index < -0.39 is 46.5 Å². The average molecular weight is 695 g/mol. The molecule has 0 spiro atoms. The summed E-state index contributed by atoms with van der Waals surface area (Å²) >= 11 is 5.06. The number of hydrogen-bond acceptors (Lipinski definition) is 16. The van der Waals surface area contributed by atoms with Crippen molar-refractivity contribution in [2.75, 3.05) is 17.2 Å². The summed E-state index contributed by atoms with van der Waals surface area (Å²) in [6, 6.07) is -0.0913. The molecule has 3 atom stereocenters. The Morgan fingerprint density at radius 2 is 2.07 bits per heavy atom. The minimum Gasteiger partial charge on any atom is -0.503 e. The Balaban J connectivity index is 1.36. The molecular formula is C25H26N8O8S4. The zero-order valence-corrected chi connectivity index (χ0v) is 27.0. The minimum absolute atomic E-state index is 0.0410. The number of fused-ring (bicyclic) bond motifs is 1. The maximum Gasteiger partial charge on any atom is 0.352 e. The number of carboxylic acid groups (broad SMARTS) is 1. The second-order valence-corrected chi connectivity index (χ2v) is 14.5. The number of aliphatic carboxylic acids is 1. The number of rotatable bonds is 11. The van der Waals surface area contributed by atoms with E-state index in [1.165, 1.54) is 40.2 Å².